The fourth-order valence-electron chi connectivity index (χ4n) is 0.984. The van der Waals surface area contributed by atoms with E-state index in [-0.39, 0.29) is 0 Å². The zero-order valence-corrected chi connectivity index (χ0v) is 8.62. The van der Waals surface area contributed by atoms with E-state index in [0.29, 0.717) is 0 Å². The molecule has 0 N–H and O–H groups in total. The number of rotatable bonds is 4. The minimum absolute atomic E-state index is 0.902. The van der Waals surface area contributed by atoms with E-state index in [0.717, 1.165) is 11.3 Å². The lowest BCUT2D eigenvalue weighted by Crippen LogP contribution is -1.79. The molecule has 0 unspecified atom stereocenters. The van der Waals surface area contributed by atoms with Crippen molar-refractivity contribution in [1.29, 1.82) is 0 Å². The average Bonchev–Trinajstić information content (AvgIpc) is 2.14. The van der Waals surface area contributed by atoms with Gasteiger partial charge in [0.25, 0.3) is 0 Å². The number of nitrogens with zero attached hydrogens (tertiary/aromatic N) is 1. The first-order valence-corrected chi connectivity index (χ1v) is 4.39. The summed E-state index contributed by atoms with van der Waals surface area (Å²) in [6, 6.07) is 0. The Morgan fingerprint density at radius 2 is 1.38 bits per heavy atom. The Kier molecular flexibility index (Phi) is 6.52. The van der Waals surface area contributed by atoms with Crippen LogP contribution in [0.3, 0.4) is 0 Å². The highest BCUT2D eigenvalue weighted by atomic mass is 14.7. The molecule has 0 aromatic heterocycles. The summed E-state index contributed by atoms with van der Waals surface area (Å²) in [5, 5.41) is 0. The van der Waals surface area contributed by atoms with Gasteiger partial charge in [0.1, 0.15) is 0 Å². The van der Waals surface area contributed by atoms with Crippen LogP contribution in [0.25, 0.3) is 0 Å². The molecule has 0 spiro atoms. The van der Waals surface area contributed by atoms with Gasteiger partial charge in [-0.1, -0.05) is 30.4 Å². The molecule has 0 saturated carbocycles. The highest BCUT2D eigenvalue weighted by molar-refractivity contribution is 5.44. The van der Waals surface area contributed by atoms with Gasteiger partial charge in [-0.25, -0.2) is 0 Å². The lowest BCUT2D eigenvalue weighted by Gasteiger charge is -1.98. The molecule has 70 valence electrons. The smallest absolute Gasteiger partial charge is 0.0691 e. The molecule has 1 nitrogen and oxygen atoms in total. The van der Waals surface area contributed by atoms with Gasteiger partial charge in [0.05, 0.1) is 5.70 Å². The summed E-state index contributed by atoms with van der Waals surface area (Å²) >= 11 is 0. The number of hydrogen-bond acceptors (Lipinski definition) is 1. The zero-order valence-electron chi connectivity index (χ0n) is 8.62. The third kappa shape index (κ3) is 4.26. The van der Waals surface area contributed by atoms with Gasteiger partial charge in [-0.3, -0.25) is 4.99 Å². The van der Waals surface area contributed by atoms with E-state index < -0.39 is 0 Å². The minimum Gasteiger partial charge on any atom is -0.264 e. The van der Waals surface area contributed by atoms with Gasteiger partial charge in [-0.15, -0.1) is 0 Å². The van der Waals surface area contributed by atoms with Crippen molar-refractivity contribution in [3.05, 3.63) is 47.7 Å². The Labute approximate surface area is 80.9 Å². The predicted molar refractivity (Wildman–Crippen MR) is 61.0 cm³/mol. The maximum atomic E-state index is 3.96. The van der Waals surface area contributed by atoms with Crippen LogP contribution in [-0.2, 0) is 0 Å². The predicted octanol–water partition coefficient (Wildman–Crippen LogP) is 3.67. The van der Waals surface area contributed by atoms with Crippen LogP contribution in [0, 0.1) is 0 Å². The van der Waals surface area contributed by atoms with Gasteiger partial charge in [-0.05, 0) is 39.1 Å². The van der Waals surface area contributed by atoms with Gasteiger partial charge < -0.3 is 0 Å². The Balaban J connectivity index is 5.10. The van der Waals surface area contributed by atoms with Gasteiger partial charge in [0.15, 0.2) is 0 Å². The summed E-state index contributed by atoms with van der Waals surface area (Å²) in [4.78, 5) is 3.96. The van der Waals surface area contributed by atoms with Gasteiger partial charge in [-0.2, -0.15) is 0 Å². The molecule has 13 heavy (non-hydrogen) atoms. The molecule has 0 saturated heterocycles. The fraction of sp³-hybridized carbons (Fsp3) is 0.250. The molecule has 0 aromatic rings. The van der Waals surface area contributed by atoms with Crippen LogP contribution in [0.15, 0.2) is 52.7 Å². The Bertz CT molecular complexity index is 251. The summed E-state index contributed by atoms with van der Waals surface area (Å²) in [5.41, 5.74) is 1.98. The monoisotopic (exact) mass is 175 g/mol. The molecule has 0 amide bonds. The van der Waals surface area contributed by atoms with Crippen LogP contribution < -0.4 is 0 Å². The van der Waals surface area contributed by atoms with Crippen molar-refractivity contribution in [2.24, 2.45) is 4.99 Å². The second-order valence-corrected chi connectivity index (χ2v) is 2.50. The average molecular weight is 175 g/mol. The standard InChI is InChI=1S/C12H17N/c1-5-8-11(9-6-2)12(13-4)10-7-3/h5-10H,4H2,1-3H3/b8-5-,9-6-,10-7-. The van der Waals surface area contributed by atoms with Crippen molar-refractivity contribution in [1.82, 2.24) is 0 Å². The van der Waals surface area contributed by atoms with Crippen LogP contribution in [0.4, 0.5) is 0 Å². The van der Waals surface area contributed by atoms with E-state index in [9.17, 15) is 0 Å². The number of allylic oxidation sites excluding steroid dienone is 7. The molecule has 0 atom stereocenters. The van der Waals surface area contributed by atoms with Crippen molar-refractivity contribution in [3.63, 3.8) is 0 Å². The third-order valence-corrected chi connectivity index (χ3v) is 1.48. The van der Waals surface area contributed by atoms with Crippen LogP contribution in [0.2, 0.25) is 0 Å². The Morgan fingerprint density at radius 1 is 0.923 bits per heavy atom. The van der Waals surface area contributed by atoms with E-state index in [1.165, 1.54) is 0 Å². The maximum absolute atomic E-state index is 3.96. The van der Waals surface area contributed by atoms with E-state index in [4.69, 9.17) is 0 Å². The lowest BCUT2D eigenvalue weighted by atomic mass is 10.1. The first kappa shape index (κ1) is 11.6. The zero-order chi connectivity index (χ0) is 10.1. The second-order valence-electron chi connectivity index (χ2n) is 2.50. The van der Waals surface area contributed by atoms with E-state index in [1.54, 1.807) is 0 Å². The molecule has 0 aliphatic rings. The summed E-state index contributed by atoms with van der Waals surface area (Å²) in [5.74, 6) is 0. The molecular weight excluding hydrogens is 158 g/mol. The molecule has 1 heteroatoms. The summed E-state index contributed by atoms with van der Waals surface area (Å²) in [7, 11) is 0. The number of hydrogen-bond donors (Lipinski definition) is 0. The summed E-state index contributed by atoms with van der Waals surface area (Å²) in [6.45, 7) is 9.48. The first-order valence-electron chi connectivity index (χ1n) is 4.39. The molecule has 0 rings (SSSR count). The van der Waals surface area contributed by atoms with Crippen molar-refractivity contribution >= 4 is 6.72 Å². The third-order valence-electron chi connectivity index (χ3n) is 1.48. The molecule has 0 aliphatic carbocycles. The minimum atomic E-state index is 0.902. The van der Waals surface area contributed by atoms with Crippen LogP contribution >= 0.6 is 0 Å². The van der Waals surface area contributed by atoms with Crippen LogP contribution in [0.1, 0.15) is 20.8 Å². The normalized spacial score (nSPS) is 11.6. The fourth-order valence-corrected chi connectivity index (χ4v) is 0.984. The molecule has 0 aliphatic heterocycles. The van der Waals surface area contributed by atoms with E-state index >= 15 is 0 Å². The molecular formula is C12H17N. The quantitative estimate of drug-likeness (QED) is 0.456. The van der Waals surface area contributed by atoms with E-state index in [1.807, 2.05) is 57.2 Å². The second kappa shape index (κ2) is 7.29. The summed E-state index contributed by atoms with van der Waals surface area (Å²) in [6.07, 6.45) is 11.9. The number of aliphatic imine (C=N–C) groups is 1. The van der Waals surface area contributed by atoms with Crippen LogP contribution in [-0.4, -0.2) is 6.72 Å². The largest absolute Gasteiger partial charge is 0.264 e. The Morgan fingerprint density at radius 3 is 1.69 bits per heavy atom. The topological polar surface area (TPSA) is 12.4 Å². The highest BCUT2D eigenvalue weighted by Crippen LogP contribution is 2.10. The molecule has 0 bridgehead atoms. The molecule has 0 fully saturated rings. The van der Waals surface area contributed by atoms with Crippen molar-refractivity contribution in [2.45, 2.75) is 20.8 Å². The van der Waals surface area contributed by atoms with Gasteiger partial charge in [0.2, 0.25) is 0 Å². The highest BCUT2D eigenvalue weighted by Gasteiger charge is 1.92. The maximum Gasteiger partial charge on any atom is 0.0691 e. The first-order chi connectivity index (χ1) is 6.29. The van der Waals surface area contributed by atoms with Crippen molar-refractivity contribution in [3.8, 4) is 0 Å². The molecule has 0 heterocycles. The molecule has 0 aromatic carbocycles. The van der Waals surface area contributed by atoms with Crippen molar-refractivity contribution < 1.29 is 0 Å². The molecule has 0 radical (unpaired) electrons. The van der Waals surface area contributed by atoms with Crippen LogP contribution in [0.5, 0.6) is 0 Å². The lowest BCUT2D eigenvalue weighted by molar-refractivity contribution is 1.37. The van der Waals surface area contributed by atoms with Gasteiger partial charge >= 0.3 is 0 Å². The van der Waals surface area contributed by atoms with E-state index in [2.05, 4.69) is 11.7 Å². The SMILES string of the molecule is C=NC(/C=C\C)=C(/C=C\C)/C=C\C. The van der Waals surface area contributed by atoms with Gasteiger partial charge in [0, 0.05) is 0 Å². The summed E-state index contributed by atoms with van der Waals surface area (Å²) < 4.78 is 0. The Hall–Kier alpha value is -1.37. The van der Waals surface area contributed by atoms with Crippen molar-refractivity contribution in [2.75, 3.05) is 0 Å².